The second-order valence-corrected chi connectivity index (χ2v) is 5.69. The van der Waals surface area contributed by atoms with E-state index in [-0.39, 0.29) is 6.04 Å². The Morgan fingerprint density at radius 1 is 1.28 bits per heavy atom. The summed E-state index contributed by atoms with van der Waals surface area (Å²) in [4.78, 5) is 0. The molecule has 1 aromatic heterocycles. The van der Waals surface area contributed by atoms with Crippen LogP contribution in [0.5, 0.6) is 0 Å². The molecule has 18 heavy (non-hydrogen) atoms. The van der Waals surface area contributed by atoms with Crippen LogP contribution in [0.1, 0.15) is 35.2 Å². The zero-order valence-electron chi connectivity index (χ0n) is 11.0. The molecule has 1 unspecified atom stereocenters. The first-order chi connectivity index (χ1) is 8.63. The summed E-state index contributed by atoms with van der Waals surface area (Å²) in [6.45, 7) is 7.27. The SMILES string of the molecule is CCNC(c1ccsc1)c1cc(C)c(C)cc1Cl. The molecule has 0 saturated heterocycles. The first-order valence-electron chi connectivity index (χ1n) is 6.15. The van der Waals surface area contributed by atoms with Crippen LogP contribution in [0, 0.1) is 13.8 Å². The standard InChI is InChI=1S/C15H18ClNS/c1-4-17-15(12-5-6-18-9-12)13-7-10(2)11(3)8-14(13)16/h5-9,15,17H,4H2,1-3H3. The van der Waals surface area contributed by atoms with Crippen molar-refractivity contribution in [2.75, 3.05) is 6.54 Å². The van der Waals surface area contributed by atoms with Crippen LogP contribution < -0.4 is 5.32 Å². The van der Waals surface area contributed by atoms with Crippen LogP contribution in [0.15, 0.2) is 29.0 Å². The summed E-state index contributed by atoms with van der Waals surface area (Å²) < 4.78 is 0. The number of rotatable bonds is 4. The highest BCUT2D eigenvalue weighted by Crippen LogP contribution is 2.31. The van der Waals surface area contributed by atoms with Gasteiger partial charge in [-0.1, -0.05) is 24.6 Å². The lowest BCUT2D eigenvalue weighted by atomic mass is 9.97. The van der Waals surface area contributed by atoms with Gasteiger partial charge < -0.3 is 5.32 Å². The molecule has 1 nitrogen and oxygen atoms in total. The highest BCUT2D eigenvalue weighted by atomic mass is 35.5. The zero-order chi connectivity index (χ0) is 13.1. The second kappa shape index (κ2) is 5.87. The zero-order valence-corrected chi connectivity index (χ0v) is 12.5. The lowest BCUT2D eigenvalue weighted by Gasteiger charge is -2.20. The first kappa shape index (κ1) is 13.6. The molecule has 0 aliphatic rings. The number of thiophene rings is 1. The Hall–Kier alpha value is -0.830. The van der Waals surface area contributed by atoms with Gasteiger partial charge in [-0.25, -0.2) is 0 Å². The van der Waals surface area contributed by atoms with Crippen molar-refractivity contribution in [3.8, 4) is 0 Å². The van der Waals surface area contributed by atoms with Gasteiger partial charge in [0.1, 0.15) is 0 Å². The lowest BCUT2D eigenvalue weighted by Crippen LogP contribution is -2.22. The minimum atomic E-state index is 0.188. The molecule has 0 spiro atoms. The minimum absolute atomic E-state index is 0.188. The normalized spacial score (nSPS) is 12.7. The molecular weight excluding hydrogens is 262 g/mol. The third-order valence-electron chi connectivity index (χ3n) is 3.21. The second-order valence-electron chi connectivity index (χ2n) is 4.51. The molecule has 0 saturated carbocycles. The summed E-state index contributed by atoms with van der Waals surface area (Å²) in [7, 11) is 0. The third-order valence-corrected chi connectivity index (χ3v) is 4.24. The summed E-state index contributed by atoms with van der Waals surface area (Å²) in [6, 6.07) is 6.60. The maximum Gasteiger partial charge on any atom is 0.0599 e. The van der Waals surface area contributed by atoms with Crippen molar-refractivity contribution in [2.24, 2.45) is 0 Å². The molecular formula is C15H18ClNS. The van der Waals surface area contributed by atoms with Gasteiger partial charge in [0.25, 0.3) is 0 Å². The van der Waals surface area contributed by atoms with Crippen molar-refractivity contribution >= 4 is 22.9 Å². The predicted octanol–water partition coefficient (Wildman–Crippen LogP) is 4.72. The molecule has 0 bridgehead atoms. The van der Waals surface area contributed by atoms with Crippen LogP contribution in [0.3, 0.4) is 0 Å². The Morgan fingerprint density at radius 3 is 2.61 bits per heavy atom. The Kier molecular flexibility index (Phi) is 4.44. The minimum Gasteiger partial charge on any atom is -0.306 e. The van der Waals surface area contributed by atoms with E-state index in [2.05, 4.69) is 55.0 Å². The number of halogens is 1. The fourth-order valence-electron chi connectivity index (χ4n) is 2.08. The van der Waals surface area contributed by atoms with Crippen molar-refractivity contribution in [1.82, 2.24) is 5.32 Å². The van der Waals surface area contributed by atoms with Crippen molar-refractivity contribution in [3.05, 3.63) is 56.2 Å². The molecule has 2 rings (SSSR count). The molecule has 1 atom stereocenters. The number of hydrogen-bond donors (Lipinski definition) is 1. The van der Waals surface area contributed by atoms with Crippen molar-refractivity contribution in [3.63, 3.8) is 0 Å². The van der Waals surface area contributed by atoms with Crippen LogP contribution >= 0.6 is 22.9 Å². The van der Waals surface area contributed by atoms with E-state index in [9.17, 15) is 0 Å². The third kappa shape index (κ3) is 2.77. The smallest absolute Gasteiger partial charge is 0.0599 e. The topological polar surface area (TPSA) is 12.0 Å². The summed E-state index contributed by atoms with van der Waals surface area (Å²) in [5, 5.41) is 8.64. The van der Waals surface area contributed by atoms with Gasteiger partial charge in [-0.2, -0.15) is 11.3 Å². The number of aryl methyl sites for hydroxylation is 2. The van der Waals surface area contributed by atoms with Crippen molar-refractivity contribution in [1.29, 1.82) is 0 Å². The first-order valence-corrected chi connectivity index (χ1v) is 7.47. The molecule has 0 aliphatic heterocycles. The molecule has 96 valence electrons. The maximum atomic E-state index is 6.41. The van der Waals surface area contributed by atoms with E-state index in [1.54, 1.807) is 11.3 Å². The van der Waals surface area contributed by atoms with E-state index in [0.717, 1.165) is 11.6 Å². The monoisotopic (exact) mass is 279 g/mol. The van der Waals surface area contributed by atoms with Gasteiger partial charge >= 0.3 is 0 Å². The van der Waals surface area contributed by atoms with Gasteiger partial charge in [0.15, 0.2) is 0 Å². The summed E-state index contributed by atoms with van der Waals surface area (Å²) in [5.41, 5.74) is 4.98. The molecule has 0 amide bonds. The van der Waals surface area contributed by atoms with Crippen LogP contribution in [0.25, 0.3) is 0 Å². The van der Waals surface area contributed by atoms with E-state index >= 15 is 0 Å². The van der Waals surface area contributed by atoms with E-state index in [1.165, 1.54) is 22.3 Å². The van der Waals surface area contributed by atoms with E-state index < -0.39 is 0 Å². The average Bonchev–Trinajstić information content (AvgIpc) is 2.85. The molecule has 0 fully saturated rings. The van der Waals surface area contributed by atoms with Crippen LogP contribution in [-0.4, -0.2) is 6.54 Å². The van der Waals surface area contributed by atoms with Crippen molar-refractivity contribution < 1.29 is 0 Å². The van der Waals surface area contributed by atoms with Gasteiger partial charge in [0.05, 0.1) is 6.04 Å². The van der Waals surface area contributed by atoms with Crippen molar-refractivity contribution in [2.45, 2.75) is 26.8 Å². The van der Waals surface area contributed by atoms with Crippen LogP contribution in [-0.2, 0) is 0 Å². The van der Waals surface area contributed by atoms with Gasteiger partial charge in [0.2, 0.25) is 0 Å². The average molecular weight is 280 g/mol. The van der Waals surface area contributed by atoms with E-state index in [4.69, 9.17) is 11.6 Å². The fraction of sp³-hybridized carbons (Fsp3) is 0.333. The quantitative estimate of drug-likeness (QED) is 0.854. The molecule has 1 heterocycles. The van der Waals surface area contributed by atoms with Crippen LogP contribution in [0.4, 0.5) is 0 Å². The fourth-order valence-corrected chi connectivity index (χ4v) is 3.09. The van der Waals surface area contributed by atoms with Crippen LogP contribution in [0.2, 0.25) is 5.02 Å². The Labute approximate surface area is 118 Å². The molecule has 0 radical (unpaired) electrons. The van der Waals surface area contributed by atoms with E-state index in [0.29, 0.717) is 0 Å². The number of hydrogen-bond acceptors (Lipinski definition) is 2. The molecule has 1 N–H and O–H groups in total. The van der Waals surface area contributed by atoms with Gasteiger partial charge in [0, 0.05) is 5.02 Å². The van der Waals surface area contributed by atoms with Gasteiger partial charge in [-0.05, 0) is 65.5 Å². The van der Waals surface area contributed by atoms with Gasteiger partial charge in [-0.3, -0.25) is 0 Å². The Balaban J connectivity index is 2.46. The highest BCUT2D eigenvalue weighted by Gasteiger charge is 2.17. The predicted molar refractivity (Wildman–Crippen MR) is 80.8 cm³/mol. The number of benzene rings is 1. The molecule has 3 heteroatoms. The largest absolute Gasteiger partial charge is 0.306 e. The number of nitrogens with one attached hydrogen (secondary N) is 1. The highest BCUT2D eigenvalue weighted by molar-refractivity contribution is 7.08. The Bertz CT molecular complexity index is 520. The molecule has 0 aliphatic carbocycles. The van der Waals surface area contributed by atoms with E-state index in [1.807, 2.05) is 0 Å². The summed E-state index contributed by atoms with van der Waals surface area (Å²) in [6.07, 6.45) is 0. The molecule has 2 aromatic rings. The lowest BCUT2D eigenvalue weighted by molar-refractivity contribution is 0.632. The summed E-state index contributed by atoms with van der Waals surface area (Å²) in [5.74, 6) is 0. The maximum absolute atomic E-state index is 6.41. The Morgan fingerprint density at radius 2 is 2.00 bits per heavy atom. The van der Waals surface area contributed by atoms with Gasteiger partial charge in [-0.15, -0.1) is 0 Å². The summed E-state index contributed by atoms with van der Waals surface area (Å²) >= 11 is 8.13. The molecule has 1 aromatic carbocycles.